The van der Waals surface area contributed by atoms with Crippen molar-refractivity contribution in [2.24, 2.45) is 5.73 Å². The lowest BCUT2D eigenvalue weighted by Crippen LogP contribution is -2.32. The molecule has 94 valence electrons. The van der Waals surface area contributed by atoms with Gasteiger partial charge >= 0.3 is 0 Å². The normalized spacial score (nSPS) is 22.4. The maximum absolute atomic E-state index is 5.58. The van der Waals surface area contributed by atoms with E-state index in [0.717, 1.165) is 17.8 Å². The van der Waals surface area contributed by atoms with Gasteiger partial charge in [0.15, 0.2) is 0 Å². The predicted octanol–water partition coefficient (Wildman–Crippen LogP) is 2.30. The molecule has 0 aliphatic carbocycles. The first kappa shape index (κ1) is 12.5. The van der Waals surface area contributed by atoms with Gasteiger partial charge in [-0.15, -0.1) is 0 Å². The first-order valence-corrected chi connectivity index (χ1v) is 6.67. The van der Waals surface area contributed by atoms with Gasteiger partial charge in [-0.25, -0.2) is 0 Å². The summed E-state index contributed by atoms with van der Waals surface area (Å²) in [5.41, 5.74) is 7.85. The highest BCUT2D eigenvalue weighted by molar-refractivity contribution is 5.13. The largest absolute Gasteiger partial charge is 0.326 e. The molecule has 1 unspecified atom stereocenters. The van der Waals surface area contributed by atoms with Gasteiger partial charge in [-0.1, -0.05) is 18.9 Å². The van der Waals surface area contributed by atoms with E-state index < -0.39 is 0 Å². The van der Waals surface area contributed by atoms with Gasteiger partial charge in [-0.3, -0.25) is 9.88 Å². The molecule has 1 aliphatic rings. The van der Waals surface area contributed by atoms with Crippen LogP contribution in [0.1, 0.15) is 43.9 Å². The van der Waals surface area contributed by atoms with Gasteiger partial charge in [0, 0.05) is 25.3 Å². The Morgan fingerprint density at radius 3 is 2.94 bits per heavy atom. The summed E-state index contributed by atoms with van der Waals surface area (Å²) in [6.45, 7) is 5.10. The third kappa shape index (κ3) is 3.51. The van der Waals surface area contributed by atoms with Crippen LogP contribution < -0.4 is 5.73 Å². The minimum Gasteiger partial charge on any atom is -0.326 e. The van der Waals surface area contributed by atoms with Gasteiger partial charge < -0.3 is 5.73 Å². The van der Waals surface area contributed by atoms with Crippen molar-refractivity contribution in [3.8, 4) is 0 Å². The molecule has 0 spiro atoms. The van der Waals surface area contributed by atoms with Crippen molar-refractivity contribution in [2.75, 3.05) is 6.54 Å². The van der Waals surface area contributed by atoms with Gasteiger partial charge in [0.1, 0.15) is 0 Å². The Hall–Kier alpha value is -0.930. The van der Waals surface area contributed by atoms with E-state index in [1.54, 1.807) is 0 Å². The third-order valence-corrected chi connectivity index (χ3v) is 3.68. The average molecular weight is 233 g/mol. The average Bonchev–Trinajstić information content (AvgIpc) is 2.56. The summed E-state index contributed by atoms with van der Waals surface area (Å²) in [5.74, 6) is 0. The summed E-state index contributed by atoms with van der Waals surface area (Å²) in [7, 11) is 0. The minimum atomic E-state index is 0.577. The Morgan fingerprint density at radius 2 is 2.24 bits per heavy atom. The summed E-state index contributed by atoms with van der Waals surface area (Å²) in [6, 6.07) is 4.89. The molecule has 1 saturated heterocycles. The first-order chi connectivity index (χ1) is 8.29. The SMILES string of the molecule is CC1CCCCCN1Cc1ccc(CN)cn1. The number of likely N-dealkylation sites (tertiary alicyclic amines) is 1. The second-order valence-corrected chi connectivity index (χ2v) is 5.03. The van der Waals surface area contributed by atoms with E-state index >= 15 is 0 Å². The van der Waals surface area contributed by atoms with Crippen molar-refractivity contribution in [3.63, 3.8) is 0 Å². The van der Waals surface area contributed by atoms with Crippen LogP contribution in [0.15, 0.2) is 18.3 Å². The molecule has 1 aromatic rings. The Morgan fingerprint density at radius 1 is 1.35 bits per heavy atom. The number of aromatic nitrogens is 1. The third-order valence-electron chi connectivity index (χ3n) is 3.68. The number of nitrogens with two attached hydrogens (primary N) is 1. The van der Waals surface area contributed by atoms with E-state index in [9.17, 15) is 0 Å². The lowest BCUT2D eigenvalue weighted by molar-refractivity contribution is 0.202. The zero-order valence-electron chi connectivity index (χ0n) is 10.7. The highest BCUT2D eigenvalue weighted by Gasteiger charge is 2.17. The molecule has 3 heteroatoms. The highest BCUT2D eigenvalue weighted by atomic mass is 15.2. The summed E-state index contributed by atoms with van der Waals surface area (Å²) in [4.78, 5) is 7.04. The Bertz CT molecular complexity index is 334. The second kappa shape index (κ2) is 6.12. The maximum Gasteiger partial charge on any atom is 0.0544 e. The fourth-order valence-electron chi connectivity index (χ4n) is 2.45. The molecular weight excluding hydrogens is 210 g/mol. The molecule has 2 rings (SSSR count). The molecule has 2 heterocycles. The van der Waals surface area contributed by atoms with Crippen molar-refractivity contribution in [2.45, 2.75) is 51.7 Å². The minimum absolute atomic E-state index is 0.577. The smallest absolute Gasteiger partial charge is 0.0544 e. The standard InChI is InChI=1S/C14H23N3/c1-12-5-3-2-4-8-17(12)11-14-7-6-13(9-15)10-16-14/h6-7,10,12H,2-5,8-9,11,15H2,1H3. The zero-order valence-corrected chi connectivity index (χ0v) is 10.7. The number of nitrogens with zero attached hydrogens (tertiary/aromatic N) is 2. The van der Waals surface area contributed by atoms with Crippen LogP contribution in [0.3, 0.4) is 0 Å². The molecule has 17 heavy (non-hydrogen) atoms. The fraction of sp³-hybridized carbons (Fsp3) is 0.643. The molecular formula is C14H23N3. The molecule has 1 atom stereocenters. The van der Waals surface area contributed by atoms with E-state index in [2.05, 4.69) is 28.9 Å². The zero-order chi connectivity index (χ0) is 12.1. The van der Waals surface area contributed by atoms with Crippen molar-refractivity contribution in [1.29, 1.82) is 0 Å². The summed E-state index contributed by atoms with van der Waals surface area (Å²) in [5, 5.41) is 0. The van der Waals surface area contributed by atoms with Crippen LogP contribution in [-0.4, -0.2) is 22.5 Å². The van der Waals surface area contributed by atoms with Crippen LogP contribution in [0.4, 0.5) is 0 Å². The van der Waals surface area contributed by atoms with E-state index in [0.29, 0.717) is 12.6 Å². The molecule has 0 amide bonds. The Balaban J connectivity index is 1.98. The monoisotopic (exact) mass is 233 g/mol. The van der Waals surface area contributed by atoms with E-state index in [1.165, 1.54) is 32.2 Å². The molecule has 0 saturated carbocycles. The number of hydrogen-bond donors (Lipinski definition) is 1. The van der Waals surface area contributed by atoms with Gasteiger partial charge in [-0.05, 0) is 37.9 Å². The number of pyridine rings is 1. The fourth-order valence-corrected chi connectivity index (χ4v) is 2.45. The van der Waals surface area contributed by atoms with Crippen LogP contribution in [0.2, 0.25) is 0 Å². The van der Waals surface area contributed by atoms with Gasteiger partial charge in [0.05, 0.1) is 5.69 Å². The van der Waals surface area contributed by atoms with Gasteiger partial charge in [0.2, 0.25) is 0 Å². The first-order valence-electron chi connectivity index (χ1n) is 6.67. The van der Waals surface area contributed by atoms with Crippen LogP contribution in [-0.2, 0) is 13.1 Å². The highest BCUT2D eigenvalue weighted by Crippen LogP contribution is 2.18. The molecule has 1 fully saturated rings. The van der Waals surface area contributed by atoms with E-state index in [4.69, 9.17) is 5.73 Å². The maximum atomic E-state index is 5.58. The van der Waals surface area contributed by atoms with Crippen molar-refractivity contribution < 1.29 is 0 Å². The van der Waals surface area contributed by atoms with E-state index in [-0.39, 0.29) is 0 Å². The Kier molecular flexibility index (Phi) is 4.51. The molecule has 1 aliphatic heterocycles. The topological polar surface area (TPSA) is 42.1 Å². The summed E-state index contributed by atoms with van der Waals surface area (Å²) in [6.07, 6.45) is 7.29. The molecule has 0 radical (unpaired) electrons. The second-order valence-electron chi connectivity index (χ2n) is 5.03. The van der Waals surface area contributed by atoms with Gasteiger partial charge in [0.25, 0.3) is 0 Å². The molecule has 1 aromatic heterocycles. The van der Waals surface area contributed by atoms with Crippen LogP contribution in [0.5, 0.6) is 0 Å². The Labute approximate surface area is 104 Å². The molecule has 0 aromatic carbocycles. The van der Waals surface area contributed by atoms with Crippen molar-refractivity contribution >= 4 is 0 Å². The summed E-state index contributed by atoms with van der Waals surface area (Å²) < 4.78 is 0. The van der Waals surface area contributed by atoms with Crippen LogP contribution >= 0.6 is 0 Å². The van der Waals surface area contributed by atoms with E-state index in [1.807, 2.05) is 6.20 Å². The number of hydrogen-bond acceptors (Lipinski definition) is 3. The lowest BCUT2D eigenvalue weighted by atomic mass is 10.1. The van der Waals surface area contributed by atoms with Crippen molar-refractivity contribution in [1.82, 2.24) is 9.88 Å². The molecule has 2 N–H and O–H groups in total. The van der Waals surface area contributed by atoms with Crippen LogP contribution in [0, 0.1) is 0 Å². The molecule has 0 bridgehead atoms. The quantitative estimate of drug-likeness (QED) is 0.871. The molecule has 3 nitrogen and oxygen atoms in total. The van der Waals surface area contributed by atoms with Crippen molar-refractivity contribution in [3.05, 3.63) is 29.6 Å². The number of rotatable bonds is 3. The summed E-state index contributed by atoms with van der Waals surface area (Å²) >= 11 is 0. The lowest BCUT2D eigenvalue weighted by Gasteiger charge is -2.26. The van der Waals surface area contributed by atoms with Gasteiger partial charge in [-0.2, -0.15) is 0 Å². The predicted molar refractivity (Wildman–Crippen MR) is 70.5 cm³/mol. The van der Waals surface area contributed by atoms with Crippen LogP contribution in [0.25, 0.3) is 0 Å².